The molecule has 10 heteroatoms. The number of likely N-dealkylation sites (N-methyl/N-ethyl adjacent to an activating group) is 1. The van der Waals surface area contributed by atoms with E-state index in [1.165, 1.54) is 18.9 Å². The van der Waals surface area contributed by atoms with Crippen molar-refractivity contribution in [3.05, 3.63) is 0 Å². The average molecular weight is 365 g/mol. The van der Waals surface area contributed by atoms with Crippen LogP contribution < -0.4 is 11.1 Å². The molecule has 0 heterocycles. The quantitative estimate of drug-likeness (QED) is 0.151. The Hall–Kier alpha value is -1.30. The first-order valence-electron chi connectivity index (χ1n) is 8.22. The Morgan fingerprint density at radius 2 is 1.92 bits per heavy atom. The second-order valence-corrected chi connectivity index (χ2v) is 5.92. The summed E-state index contributed by atoms with van der Waals surface area (Å²) < 4.78 is 5.58. The second-order valence-electron chi connectivity index (χ2n) is 5.92. The molecular formula is C15H31N3O7. The van der Waals surface area contributed by atoms with Crippen molar-refractivity contribution in [2.75, 3.05) is 33.4 Å². The third kappa shape index (κ3) is 8.56. The molecule has 0 fully saturated rings. The van der Waals surface area contributed by atoms with Gasteiger partial charge in [-0.3, -0.25) is 9.69 Å². The number of hydrogen-bond acceptors (Lipinski definition) is 8. The predicted octanol–water partition coefficient (Wildman–Crippen LogP) is -1.96. The van der Waals surface area contributed by atoms with Crippen molar-refractivity contribution in [2.45, 2.75) is 50.7 Å². The van der Waals surface area contributed by atoms with E-state index in [0.717, 1.165) is 12.8 Å². The number of aliphatic carboxylic acids is 1. The van der Waals surface area contributed by atoms with Crippen LogP contribution in [0.4, 0.5) is 0 Å². The first-order valence-corrected chi connectivity index (χ1v) is 8.22. The van der Waals surface area contributed by atoms with Crippen LogP contribution in [0.3, 0.4) is 0 Å². The van der Waals surface area contributed by atoms with E-state index >= 15 is 0 Å². The lowest BCUT2D eigenvalue weighted by atomic mass is 10.1. The number of hydrogen-bond donors (Lipinski definition) is 6. The smallest absolute Gasteiger partial charge is 0.351 e. The van der Waals surface area contributed by atoms with Gasteiger partial charge in [0.05, 0.1) is 12.7 Å². The van der Waals surface area contributed by atoms with Crippen molar-refractivity contribution in [3.63, 3.8) is 0 Å². The van der Waals surface area contributed by atoms with Gasteiger partial charge in [-0.2, -0.15) is 0 Å². The minimum atomic E-state index is -1.97. The minimum Gasteiger partial charge on any atom is -0.478 e. The Bertz CT molecular complexity index is 411. The number of carbonyl (C=O) groups is 2. The van der Waals surface area contributed by atoms with Crippen LogP contribution in [-0.4, -0.2) is 88.6 Å². The Labute approximate surface area is 147 Å². The largest absolute Gasteiger partial charge is 0.478 e. The lowest BCUT2D eigenvalue weighted by molar-refractivity contribution is -0.207. The summed E-state index contributed by atoms with van der Waals surface area (Å²) in [5.41, 5.74) is 3.44. The zero-order chi connectivity index (χ0) is 19.5. The van der Waals surface area contributed by atoms with Gasteiger partial charge < -0.3 is 36.2 Å². The molecule has 0 aromatic carbocycles. The fourth-order valence-corrected chi connectivity index (χ4v) is 2.37. The third-order valence-corrected chi connectivity index (χ3v) is 3.68. The molecule has 0 aliphatic carbocycles. The number of nitrogens with two attached hydrogens (primary N) is 1. The van der Waals surface area contributed by atoms with Crippen LogP contribution in [0.5, 0.6) is 0 Å². The molecule has 0 saturated carbocycles. The number of aliphatic hydroxyl groups is 3. The molecule has 0 bridgehead atoms. The summed E-state index contributed by atoms with van der Waals surface area (Å²) in [4.78, 5) is 24.2. The third-order valence-electron chi connectivity index (χ3n) is 3.68. The highest BCUT2D eigenvalue weighted by Crippen LogP contribution is 2.24. The van der Waals surface area contributed by atoms with E-state index in [0.29, 0.717) is 13.0 Å². The Morgan fingerprint density at radius 1 is 1.28 bits per heavy atom. The van der Waals surface area contributed by atoms with Gasteiger partial charge in [-0.25, -0.2) is 4.79 Å². The van der Waals surface area contributed by atoms with E-state index in [-0.39, 0.29) is 13.2 Å². The molecule has 0 aromatic rings. The number of aliphatic hydroxyl groups excluding tert-OH is 3. The maximum absolute atomic E-state index is 11.9. The van der Waals surface area contributed by atoms with E-state index in [1.54, 1.807) is 0 Å². The number of unbranched alkanes of at least 4 members (excludes halogenated alkanes) is 2. The molecule has 1 amide bonds. The average Bonchev–Trinajstić information content (AvgIpc) is 2.52. The molecule has 0 rings (SSSR count). The van der Waals surface area contributed by atoms with Crippen LogP contribution in [0, 0.1) is 0 Å². The Balaban J connectivity index is 5.22. The SMILES string of the molecule is CC(=O)N[C@H](O)CC(OCCCCCN)(C(=O)O)N(C)C[C@H](O)CO. The van der Waals surface area contributed by atoms with Crippen LogP contribution in [-0.2, 0) is 14.3 Å². The fraction of sp³-hybridized carbons (Fsp3) is 0.867. The van der Waals surface area contributed by atoms with Crippen LogP contribution in [0.15, 0.2) is 0 Å². The summed E-state index contributed by atoms with van der Waals surface area (Å²) in [6, 6.07) is 0. The van der Waals surface area contributed by atoms with Crippen molar-refractivity contribution in [3.8, 4) is 0 Å². The lowest BCUT2D eigenvalue weighted by Crippen LogP contribution is -2.60. The van der Waals surface area contributed by atoms with Crippen LogP contribution in [0.25, 0.3) is 0 Å². The van der Waals surface area contributed by atoms with Gasteiger partial charge in [-0.05, 0) is 32.9 Å². The van der Waals surface area contributed by atoms with Gasteiger partial charge >= 0.3 is 5.97 Å². The minimum absolute atomic E-state index is 0.0959. The standard InChI is InChI=1S/C15H31N3O7/c1-11(20)17-13(22)8-15(14(23)24,18(2)9-12(21)10-19)25-7-5-3-4-6-16/h12-13,19,21-22H,3-10,16H2,1-2H3,(H,17,20)(H,23,24)/t12-,13+,15?/m0/s1. The zero-order valence-corrected chi connectivity index (χ0v) is 14.8. The van der Waals surface area contributed by atoms with Crippen LogP contribution in [0.2, 0.25) is 0 Å². The van der Waals surface area contributed by atoms with Crippen molar-refractivity contribution < 1.29 is 34.8 Å². The number of carbonyl (C=O) groups excluding carboxylic acids is 1. The summed E-state index contributed by atoms with van der Waals surface area (Å²) in [5.74, 6) is -1.89. The van der Waals surface area contributed by atoms with E-state index in [9.17, 15) is 24.9 Å². The molecule has 0 aromatic heterocycles. The molecule has 0 aliphatic heterocycles. The molecular weight excluding hydrogens is 334 g/mol. The van der Waals surface area contributed by atoms with Gasteiger partial charge in [-0.1, -0.05) is 0 Å². The number of nitrogens with zero attached hydrogens (tertiary/aromatic N) is 1. The van der Waals surface area contributed by atoms with Gasteiger partial charge in [0, 0.05) is 26.5 Å². The number of carboxylic acids is 1. The number of amides is 1. The first kappa shape index (κ1) is 23.7. The highest BCUT2D eigenvalue weighted by molar-refractivity contribution is 5.77. The highest BCUT2D eigenvalue weighted by Gasteiger charge is 2.46. The fourth-order valence-electron chi connectivity index (χ4n) is 2.37. The van der Waals surface area contributed by atoms with Gasteiger partial charge in [0.1, 0.15) is 6.23 Å². The zero-order valence-electron chi connectivity index (χ0n) is 14.8. The predicted molar refractivity (Wildman–Crippen MR) is 89.4 cm³/mol. The first-order chi connectivity index (χ1) is 11.7. The van der Waals surface area contributed by atoms with E-state index in [2.05, 4.69) is 5.32 Å². The summed E-state index contributed by atoms with van der Waals surface area (Å²) in [6.45, 7) is 1.06. The molecule has 0 aliphatic rings. The van der Waals surface area contributed by atoms with Crippen molar-refractivity contribution in [1.82, 2.24) is 10.2 Å². The van der Waals surface area contributed by atoms with Crippen molar-refractivity contribution in [1.29, 1.82) is 0 Å². The van der Waals surface area contributed by atoms with E-state index in [4.69, 9.17) is 15.6 Å². The molecule has 0 radical (unpaired) electrons. The number of carboxylic acid groups (broad SMARTS) is 1. The molecule has 1 unspecified atom stereocenters. The van der Waals surface area contributed by atoms with Crippen LogP contribution in [0.1, 0.15) is 32.6 Å². The second kappa shape index (κ2) is 12.1. The molecule has 3 atom stereocenters. The van der Waals surface area contributed by atoms with E-state index < -0.39 is 43.0 Å². The topological polar surface area (TPSA) is 166 Å². The maximum Gasteiger partial charge on any atom is 0.351 e. The molecule has 148 valence electrons. The number of rotatable bonds is 14. The number of nitrogens with one attached hydrogen (secondary N) is 1. The molecule has 10 nitrogen and oxygen atoms in total. The Morgan fingerprint density at radius 3 is 2.40 bits per heavy atom. The lowest BCUT2D eigenvalue weighted by Gasteiger charge is -2.39. The normalized spacial score (nSPS) is 16.3. The highest BCUT2D eigenvalue weighted by atomic mass is 16.5. The summed E-state index contributed by atoms with van der Waals surface area (Å²) >= 11 is 0. The molecule has 0 spiro atoms. The van der Waals surface area contributed by atoms with Crippen molar-refractivity contribution >= 4 is 11.9 Å². The summed E-state index contributed by atoms with van der Waals surface area (Å²) in [5, 5.41) is 40.5. The summed E-state index contributed by atoms with van der Waals surface area (Å²) in [7, 11) is 1.40. The number of ether oxygens (including phenoxy) is 1. The van der Waals surface area contributed by atoms with Gasteiger partial charge in [0.25, 0.3) is 0 Å². The van der Waals surface area contributed by atoms with Gasteiger partial charge in [0.2, 0.25) is 11.6 Å². The van der Waals surface area contributed by atoms with Crippen LogP contribution >= 0.6 is 0 Å². The summed E-state index contributed by atoms with van der Waals surface area (Å²) in [6.07, 6.45) is -0.985. The molecule has 7 N–H and O–H groups in total. The maximum atomic E-state index is 11.9. The molecule has 25 heavy (non-hydrogen) atoms. The van der Waals surface area contributed by atoms with Crippen molar-refractivity contribution in [2.24, 2.45) is 5.73 Å². The van der Waals surface area contributed by atoms with Gasteiger partial charge in [-0.15, -0.1) is 0 Å². The molecule has 0 saturated heterocycles. The Kier molecular flexibility index (Phi) is 11.5. The monoisotopic (exact) mass is 365 g/mol. The van der Waals surface area contributed by atoms with Gasteiger partial charge in [0.15, 0.2) is 0 Å². The van der Waals surface area contributed by atoms with E-state index in [1.807, 2.05) is 0 Å².